The summed E-state index contributed by atoms with van der Waals surface area (Å²) in [7, 11) is 0. The molecule has 0 spiro atoms. The Hall–Kier alpha value is -6.06. The second-order valence-corrected chi connectivity index (χ2v) is 11.9. The molecule has 0 aliphatic heterocycles. The van der Waals surface area contributed by atoms with Crippen molar-refractivity contribution in [2.24, 2.45) is 0 Å². The first-order valence-electron chi connectivity index (χ1n) is 16.9. The summed E-state index contributed by atoms with van der Waals surface area (Å²) in [6, 6.07) is 60.3. The van der Waals surface area contributed by atoms with E-state index in [1.807, 2.05) is 6.08 Å². The van der Waals surface area contributed by atoms with E-state index in [4.69, 9.17) is 0 Å². The topological polar surface area (TPSA) is 9.72 Å². The van der Waals surface area contributed by atoms with Gasteiger partial charge in [0.2, 0.25) is 0 Å². The van der Waals surface area contributed by atoms with E-state index in [9.17, 15) is 0 Å². The lowest BCUT2D eigenvalue weighted by molar-refractivity contribution is 0.888. The second kappa shape index (κ2) is 16.7. The predicted molar refractivity (Wildman–Crippen MR) is 210 cm³/mol. The minimum atomic E-state index is 0.707. The van der Waals surface area contributed by atoms with Gasteiger partial charge in [0.25, 0.3) is 0 Å². The van der Waals surface area contributed by atoms with Gasteiger partial charge < -0.3 is 14.7 Å². The standard InChI is InChI=1S/C46H43N3/c1-3-20-41(21-4-2)47(42-22-10-5-11-23-42)35-38-32-33-39(36-48(43-24-12-6-13-25-43)44-26-14-7-15-27-44)40(34-38)37-49(45-28-16-8-17-29-45)46-30-18-9-19-31-46/h3-34H,1,35-37H2,2H3/b21-4-,41-20+. The van der Waals surface area contributed by atoms with Gasteiger partial charge in [0.15, 0.2) is 0 Å². The van der Waals surface area contributed by atoms with E-state index in [1.54, 1.807) is 0 Å². The van der Waals surface area contributed by atoms with Gasteiger partial charge in [0.1, 0.15) is 0 Å². The Balaban J connectivity index is 1.46. The van der Waals surface area contributed by atoms with E-state index >= 15 is 0 Å². The zero-order chi connectivity index (χ0) is 33.7. The lowest BCUT2D eigenvalue weighted by Gasteiger charge is -2.30. The van der Waals surface area contributed by atoms with Crippen LogP contribution in [0.15, 0.2) is 206 Å². The third kappa shape index (κ3) is 8.46. The van der Waals surface area contributed by atoms with Crippen LogP contribution in [0, 0.1) is 0 Å². The summed E-state index contributed by atoms with van der Waals surface area (Å²) < 4.78 is 0. The molecule has 0 heterocycles. The van der Waals surface area contributed by atoms with Crippen LogP contribution < -0.4 is 14.7 Å². The van der Waals surface area contributed by atoms with Crippen molar-refractivity contribution in [1.29, 1.82) is 0 Å². The lowest BCUT2D eigenvalue weighted by Crippen LogP contribution is -2.23. The van der Waals surface area contributed by atoms with Crippen molar-refractivity contribution in [3.8, 4) is 0 Å². The molecule has 3 nitrogen and oxygen atoms in total. The fourth-order valence-corrected chi connectivity index (χ4v) is 6.16. The largest absolute Gasteiger partial charge is 0.337 e. The molecule has 6 aromatic carbocycles. The van der Waals surface area contributed by atoms with Crippen LogP contribution in [0.1, 0.15) is 23.6 Å². The number of hydrogen-bond acceptors (Lipinski definition) is 3. The molecule has 0 aromatic heterocycles. The molecule has 0 saturated carbocycles. The summed E-state index contributed by atoms with van der Waals surface area (Å²) in [6.45, 7) is 8.21. The maximum atomic E-state index is 4.01. The Morgan fingerprint density at radius 2 is 0.898 bits per heavy atom. The van der Waals surface area contributed by atoms with Crippen LogP contribution in [0.5, 0.6) is 0 Å². The molecule has 0 amide bonds. The summed E-state index contributed by atoms with van der Waals surface area (Å²) in [5.74, 6) is 0. The zero-order valence-corrected chi connectivity index (χ0v) is 28.1. The maximum absolute atomic E-state index is 4.01. The van der Waals surface area contributed by atoms with E-state index in [0.717, 1.165) is 40.7 Å². The highest BCUT2D eigenvalue weighted by Gasteiger charge is 2.18. The van der Waals surface area contributed by atoms with Crippen LogP contribution in [0.2, 0.25) is 0 Å². The Bertz CT molecular complexity index is 1870. The van der Waals surface area contributed by atoms with Gasteiger partial charge in [-0.3, -0.25) is 0 Å². The van der Waals surface area contributed by atoms with Crippen molar-refractivity contribution in [2.45, 2.75) is 26.6 Å². The van der Waals surface area contributed by atoms with E-state index in [-0.39, 0.29) is 0 Å². The normalized spacial score (nSPS) is 11.3. The molecule has 0 unspecified atom stereocenters. The average molecular weight is 638 g/mol. The highest BCUT2D eigenvalue weighted by molar-refractivity contribution is 5.66. The van der Waals surface area contributed by atoms with Gasteiger partial charge in [-0.25, -0.2) is 0 Å². The minimum Gasteiger partial charge on any atom is -0.337 e. The molecule has 6 aromatic rings. The highest BCUT2D eigenvalue weighted by Crippen LogP contribution is 2.33. The molecular formula is C46H43N3. The van der Waals surface area contributed by atoms with Gasteiger partial charge >= 0.3 is 0 Å². The molecule has 0 N–H and O–H groups in total. The van der Waals surface area contributed by atoms with Gasteiger partial charge in [0.05, 0.1) is 0 Å². The van der Waals surface area contributed by atoms with Crippen LogP contribution >= 0.6 is 0 Å². The quantitative estimate of drug-likeness (QED) is 0.110. The molecule has 0 radical (unpaired) electrons. The predicted octanol–water partition coefficient (Wildman–Crippen LogP) is 12.0. The number of benzene rings is 6. The Morgan fingerprint density at radius 1 is 0.490 bits per heavy atom. The molecule has 0 aliphatic rings. The SMILES string of the molecule is C=C/C=C(\C=C/C)N(Cc1ccc(CN(c2ccccc2)c2ccccc2)c(CN(c2ccccc2)c2ccccc2)c1)c1ccccc1. The van der Waals surface area contributed by atoms with E-state index in [1.165, 1.54) is 16.7 Å². The van der Waals surface area contributed by atoms with Gasteiger partial charge in [-0.1, -0.05) is 128 Å². The fourth-order valence-electron chi connectivity index (χ4n) is 6.16. The summed E-state index contributed by atoms with van der Waals surface area (Å²) in [4.78, 5) is 7.17. The van der Waals surface area contributed by atoms with E-state index < -0.39 is 0 Å². The number of allylic oxidation sites excluding steroid dienone is 4. The van der Waals surface area contributed by atoms with Crippen molar-refractivity contribution >= 4 is 28.4 Å². The van der Waals surface area contributed by atoms with Crippen molar-refractivity contribution in [1.82, 2.24) is 0 Å². The number of anilines is 5. The highest BCUT2D eigenvalue weighted by atomic mass is 15.2. The van der Waals surface area contributed by atoms with E-state index in [0.29, 0.717) is 13.1 Å². The molecule has 0 saturated heterocycles. The van der Waals surface area contributed by atoms with Gasteiger partial charge in [-0.15, -0.1) is 0 Å². The van der Waals surface area contributed by atoms with Crippen LogP contribution in [0.3, 0.4) is 0 Å². The first kappa shape index (κ1) is 32.9. The summed E-state index contributed by atoms with van der Waals surface area (Å²) in [5.41, 5.74) is 10.6. The van der Waals surface area contributed by atoms with Crippen LogP contribution in [0.25, 0.3) is 0 Å². The first-order valence-corrected chi connectivity index (χ1v) is 16.9. The Kier molecular flexibility index (Phi) is 11.2. The summed E-state index contributed by atoms with van der Waals surface area (Å²) in [6.07, 6.45) is 8.17. The van der Waals surface area contributed by atoms with Crippen molar-refractivity contribution in [3.05, 3.63) is 223 Å². The van der Waals surface area contributed by atoms with E-state index in [2.05, 4.69) is 216 Å². The van der Waals surface area contributed by atoms with Crippen LogP contribution in [0.4, 0.5) is 28.4 Å². The van der Waals surface area contributed by atoms with Gasteiger partial charge in [-0.2, -0.15) is 0 Å². The minimum absolute atomic E-state index is 0.707. The molecule has 3 heteroatoms. The molecule has 6 rings (SSSR count). The zero-order valence-electron chi connectivity index (χ0n) is 28.1. The maximum Gasteiger partial charge on any atom is 0.0485 e. The van der Waals surface area contributed by atoms with Gasteiger partial charge in [0, 0.05) is 53.8 Å². The molecule has 49 heavy (non-hydrogen) atoms. The lowest BCUT2D eigenvalue weighted by atomic mass is 10.0. The molecule has 0 atom stereocenters. The fraction of sp³-hybridized carbons (Fsp3) is 0.0870. The average Bonchev–Trinajstić information content (AvgIpc) is 3.17. The smallest absolute Gasteiger partial charge is 0.0485 e. The first-order chi connectivity index (χ1) is 24.2. The number of rotatable bonds is 14. The Labute approximate surface area is 292 Å². The molecular weight excluding hydrogens is 595 g/mol. The summed E-state index contributed by atoms with van der Waals surface area (Å²) >= 11 is 0. The molecule has 242 valence electrons. The van der Waals surface area contributed by atoms with Crippen molar-refractivity contribution < 1.29 is 0 Å². The summed E-state index contributed by atoms with van der Waals surface area (Å²) in [5, 5.41) is 0. The number of hydrogen-bond donors (Lipinski definition) is 0. The van der Waals surface area contributed by atoms with Crippen LogP contribution in [-0.4, -0.2) is 0 Å². The van der Waals surface area contributed by atoms with Gasteiger partial charge in [-0.05, 0) is 96.4 Å². The Morgan fingerprint density at radius 3 is 1.31 bits per heavy atom. The third-order valence-electron chi connectivity index (χ3n) is 8.55. The van der Waals surface area contributed by atoms with Crippen molar-refractivity contribution in [3.63, 3.8) is 0 Å². The molecule has 0 aliphatic carbocycles. The van der Waals surface area contributed by atoms with Crippen molar-refractivity contribution in [2.75, 3.05) is 14.7 Å². The monoisotopic (exact) mass is 637 g/mol. The van der Waals surface area contributed by atoms with Crippen LogP contribution in [-0.2, 0) is 19.6 Å². The number of para-hydroxylation sites is 5. The molecule has 0 bridgehead atoms. The second-order valence-electron chi connectivity index (χ2n) is 11.9. The number of nitrogens with zero attached hydrogens (tertiary/aromatic N) is 3. The third-order valence-corrected chi connectivity index (χ3v) is 8.55. The molecule has 0 fully saturated rings.